The Labute approximate surface area is 121 Å². The third-order valence-electron chi connectivity index (χ3n) is 3.01. The smallest absolute Gasteiger partial charge is 0.406 e. The zero-order valence-corrected chi connectivity index (χ0v) is 11.7. The second-order valence-electron chi connectivity index (χ2n) is 4.96. The number of ether oxygens (including phenoxy) is 3. The molecular weight excluding hydrogens is 287 g/mol. The Morgan fingerprint density at radius 1 is 1.24 bits per heavy atom. The molecule has 7 heteroatoms. The lowest BCUT2D eigenvalue weighted by molar-refractivity contribution is -0.274. The molecular formula is C14H18F3NO3. The van der Waals surface area contributed by atoms with Crippen molar-refractivity contribution in [3.63, 3.8) is 0 Å². The molecule has 1 aliphatic heterocycles. The molecule has 0 aliphatic carbocycles. The van der Waals surface area contributed by atoms with Crippen LogP contribution in [0.3, 0.4) is 0 Å². The van der Waals surface area contributed by atoms with E-state index in [4.69, 9.17) is 9.47 Å². The summed E-state index contributed by atoms with van der Waals surface area (Å²) in [5.41, 5.74) is 0.906. The van der Waals surface area contributed by atoms with Gasteiger partial charge in [-0.05, 0) is 24.7 Å². The van der Waals surface area contributed by atoms with Crippen LogP contribution < -0.4 is 4.74 Å². The minimum absolute atomic E-state index is 0.0385. The Hall–Kier alpha value is -1.31. The summed E-state index contributed by atoms with van der Waals surface area (Å²) in [5, 5.41) is 0. The SMILES string of the molecule is CN(Cc1ccc(OC(F)(F)F)cc1)C[C@@H]1COCCO1. The minimum atomic E-state index is -4.66. The molecule has 1 aliphatic rings. The Morgan fingerprint density at radius 2 is 1.95 bits per heavy atom. The number of hydrogen-bond donors (Lipinski definition) is 0. The predicted molar refractivity (Wildman–Crippen MR) is 70.0 cm³/mol. The first-order valence-corrected chi connectivity index (χ1v) is 6.65. The highest BCUT2D eigenvalue weighted by atomic mass is 19.4. The van der Waals surface area contributed by atoms with Gasteiger partial charge in [0.05, 0.1) is 25.9 Å². The average Bonchev–Trinajstić information content (AvgIpc) is 2.40. The van der Waals surface area contributed by atoms with Crippen LogP contribution in [0.1, 0.15) is 5.56 Å². The molecule has 1 heterocycles. The third-order valence-corrected chi connectivity index (χ3v) is 3.01. The molecule has 0 spiro atoms. The van der Waals surface area contributed by atoms with Crippen molar-refractivity contribution in [3.05, 3.63) is 29.8 Å². The largest absolute Gasteiger partial charge is 0.573 e. The van der Waals surface area contributed by atoms with Crippen molar-refractivity contribution in [2.75, 3.05) is 33.4 Å². The highest BCUT2D eigenvalue weighted by Crippen LogP contribution is 2.23. The quantitative estimate of drug-likeness (QED) is 0.836. The van der Waals surface area contributed by atoms with E-state index in [9.17, 15) is 13.2 Å². The molecule has 1 atom stereocenters. The standard InChI is InChI=1S/C14H18F3NO3/c1-18(9-13-10-19-6-7-20-13)8-11-2-4-12(5-3-11)21-14(15,16)17/h2-5,13H,6-10H2,1H3/t13-/m1/s1. The van der Waals surface area contributed by atoms with Gasteiger partial charge in [0.2, 0.25) is 0 Å². The van der Waals surface area contributed by atoms with Crippen molar-refractivity contribution >= 4 is 0 Å². The monoisotopic (exact) mass is 305 g/mol. The van der Waals surface area contributed by atoms with Gasteiger partial charge in [0, 0.05) is 13.1 Å². The molecule has 1 fully saturated rings. The zero-order valence-electron chi connectivity index (χ0n) is 11.7. The summed E-state index contributed by atoms with van der Waals surface area (Å²) in [5.74, 6) is -0.210. The molecule has 21 heavy (non-hydrogen) atoms. The summed E-state index contributed by atoms with van der Waals surface area (Å²) in [6.45, 7) is 3.12. The van der Waals surface area contributed by atoms with Crippen molar-refractivity contribution in [1.82, 2.24) is 4.90 Å². The van der Waals surface area contributed by atoms with E-state index in [-0.39, 0.29) is 11.9 Å². The van der Waals surface area contributed by atoms with E-state index in [1.165, 1.54) is 12.1 Å². The Bertz CT molecular complexity index is 430. The second kappa shape index (κ2) is 7.11. The summed E-state index contributed by atoms with van der Waals surface area (Å²) >= 11 is 0. The van der Waals surface area contributed by atoms with Gasteiger partial charge >= 0.3 is 6.36 Å². The third kappa shape index (κ3) is 5.91. The van der Waals surface area contributed by atoms with Gasteiger partial charge in [-0.15, -0.1) is 13.2 Å². The van der Waals surface area contributed by atoms with Crippen LogP contribution in [-0.4, -0.2) is 50.8 Å². The molecule has 1 aromatic rings. The van der Waals surface area contributed by atoms with E-state index in [0.29, 0.717) is 32.9 Å². The number of likely N-dealkylation sites (N-methyl/N-ethyl adjacent to an activating group) is 1. The van der Waals surface area contributed by atoms with Crippen LogP contribution in [0, 0.1) is 0 Å². The molecule has 0 N–H and O–H groups in total. The van der Waals surface area contributed by atoms with Crippen molar-refractivity contribution < 1.29 is 27.4 Å². The molecule has 118 valence electrons. The first kappa shape index (κ1) is 16.1. The van der Waals surface area contributed by atoms with Gasteiger partial charge in [-0.3, -0.25) is 4.90 Å². The van der Waals surface area contributed by atoms with Crippen LogP contribution in [0.4, 0.5) is 13.2 Å². The van der Waals surface area contributed by atoms with Gasteiger partial charge in [0.25, 0.3) is 0 Å². The minimum Gasteiger partial charge on any atom is -0.406 e. The molecule has 0 aromatic heterocycles. The maximum atomic E-state index is 12.1. The molecule has 0 amide bonds. The first-order chi connectivity index (χ1) is 9.92. The van der Waals surface area contributed by atoms with Crippen LogP contribution in [0.5, 0.6) is 5.75 Å². The van der Waals surface area contributed by atoms with E-state index in [0.717, 1.165) is 5.56 Å². The van der Waals surface area contributed by atoms with E-state index in [2.05, 4.69) is 4.74 Å². The number of benzene rings is 1. The fraction of sp³-hybridized carbons (Fsp3) is 0.571. The molecule has 1 aromatic carbocycles. The van der Waals surface area contributed by atoms with Gasteiger partial charge < -0.3 is 14.2 Å². The van der Waals surface area contributed by atoms with Crippen LogP contribution in [0.15, 0.2) is 24.3 Å². The maximum absolute atomic E-state index is 12.1. The van der Waals surface area contributed by atoms with Gasteiger partial charge in [0.15, 0.2) is 0 Å². The molecule has 0 saturated carbocycles. The normalized spacial score (nSPS) is 19.8. The van der Waals surface area contributed by atoms with Crippen LogP contribution in [0.2, 0.25) is 0 Å². The Balaban J connectivity index is 1.81. The summed E-state index contributed by atoms with van der Waals surface area (Å²) in [7, 11) is 1.93. The van der Waals surface area contributed by atoms with Crippen LogP contribution in [0.25, 0.3) is 0 Å². The molecule has 2 rings (SSSR count). The van der Waals surface area contributed by atoms with Crippen molar-refractivity contribution in [3.8, 4) is 5.75 Å². The van der Waals surface area contributed by atoms with E-state index < -0.39 is 6.36 Å². The molecule has 0 unspecified atom stereocenters. The number of halogens is 3. The van der Waals surface area contributed by atoms with Crippen molar-refractivity contribution in [2.24, 2.45) is 0 Å². The van der Waals surface area contributed by atoms with Crippen LogP contribution in [-0.2, 0) is 16.0 Å². The summed E-state index contributed by atoms with van der Waals surface area (Å²) in [6.07, 6.45) is -4.62. The second-order valence-corrected chi connectivity index (χ2v) is 4.96. The highest BCUT2D eigenvalue weighted by Gasteiger charge is 2.30. The molecule has 0 radical (unpaired) electrons. The van der Waals surface area contributed by atoms with Crippen molar-refractivity contribution in [2.45, 2.75) is 19.0 Å². The summed E-state index contributed by atoms with van der Waals surface area (Å²) in [4.78, 5) is 2.04. The fourth-order valence-electron chi connectivity index (χ4n) is 2.16. The predicted octanol–water partition coefficient (Wildman–Crippen LogP) is 2.43. The number of nitrogens with zero attached hydrogens (tertiary/aromatic N) is 1. The molecule has 1 saturated heterocycles. The first-order valence-electron chi connectivity index (χ1n) is 6.65. The number of alkyl halides is 3. The Kier molecular flexibility index (Phi) is 5.44. The number of hydrogen-bond acceptors (Lipinski definition) is 4. The van der Waals surface area contributed by atoms with Gasteiger partial charge in [-0.2, -0.15) is 0 Å². The fourth-order valence-corrected chi connectivity index (χ4v) is 2.16. The topological polar surface area (TPSA) is 30.9 Å². The van der Waals surface area contributed by atoms with Gasteiger partial charge in [-0.1, -0.05) is 12.1 Å². The van der Waals surface area contributed by atoms with Gasteiger partial charge in [0.1, 0.15) is 5.75 Å². The zero-order chi connectivity index (χ0) is 15.3. The lowest BCUT2D eigenvalue weighted by atomic mass is 10.2. The van der Waals surface area contributed by atoms with E-state index in [1.54, 1.807) is 12.1 Å². The summed E-state index contributed by atoms with van der Waals surface area (Å²) in [6, 6.07) is 5.87. The van der Waals surface area contributed by atoms with Crippen molar-refractivity contribution in [1.29, 1.82) is 0 Å². The van der Waals surface area contributed by atoms with E-state index in [1.807, 2.05) is 11.9 Å². The Morgan fingerprint density at radius 3 is 2.52 bits per heavy atom. The van der Waals surface area contributed by atoms with E-state index >= 15 is 0 Å². The lowest BCUT2D eigenvalue weighted by Gasteiger charge is -2.27. The molecule has 0 bridgehead atoms. The lowest BCUT2D eigenvalue weighted by Crippen LogP contribution is -2.38. The molecule has 4 nitrogen and oxygen atoms in total. The average molecular weight is 305 g/mol. The highest BCUT2D eigenvalue weighted by molar-refractivity contribution is 5.27. The number of rotatable bonds is 5. The van der Waals surface area contributed by atoms with Crippen LogP contribution >= 0.6 is 0 Å². The summed E-state index contributed by atoms with van der Waals surface area (Å²) < 4.78 is 50.9. The maximum Gasteiger partial charge on any atom is 0.573 e. The van der Waals surface area contributed by atoms with Gasteiger partial charge in [-0.25, -0.2) is 0 Å².